The van der Waals surface area contributed by atoms with Crippen molar-refractivity contribution in [3.05, 3.63) is 34.9 Å². The molecule has 2 fully saturated rings. The minimum absolute atomic E-state index is 0.0461. The van der Waals surface area contributed by atoms with Crippen molar-refractivity contribution in [3.63, 3.8) is 0 Å². The molecule has 2 saturated heterocycles. The minimum atomic E-state index is -0.289. The minimum Gasteiger partial charge on any atom is -0.356 e. The summed E-state index contributed by atoms with van der Waals surface area (Å²) in [5.74, 6) is 0.428. The molecule has 148 valence electrons. The summed E-state index contributed by atoms with van der Waals surface area (Å²) in [4.78, 5) is 29.7. The zero-order valence-corrected chi connectivity index (χ0v) is 17.0. The molecule has 0 aliphatic carbocycles. The van der Waals surface area contributed by atoms with Crippen LogP contribution in [0.25, 0.3) is 0 Å². The van der Waals surface area contributed by atoms with Gasteiger partial charge in [0.05, 0.1) is 12.0 Å². The van der Waals surface area contributed by atoms with Crippen LogP contribution in [0, 0.1) is 11.8 Å². The Bertz CT molecular complexity index is 673. The zero-order chi connectivity index (χ0) is 19.4. The van der Waals surface area contributed by atoms with Crippen LogP contribution in [0.3, 0.4) is 0 Å². The molecule has 0 unspecified atom stereocenters. The third-order valence-electron chi connectivity index (χ3n) is 6.01. The van der Waals surface area contributed by atoms with E-state index in [2.05, 4.69) is 17.3 Å². The predicted molar refractivity (Wildman–Crippen MR) is 108 cm³/mol. The molecule has 2 heterocycles. The van der Waals surface area contributed by atoms with Crippen LogP contribution in [0.5, 0.6) is 0 Å². The number of hydrogen-bond donors (Lipinski definition) is 1. The summed E-state index contributed by atoms with van der Waals surface area (Å²) in [5.41, 5.74) is 0.869. The predicted octanol–water partition coefficient (Wildman–Crippen LogP) is 3.10. The maximum atomic E-state index is 13.1. The number of rotatable bonds is 5. The van der Waals surface area contributed by atoms with E-state index in [0.29, 0.717) is 30.3 Å². The van der Waals surface area contributed by atoms with Crippen LogP contribution >= 0.6 is 11.6 Å². The van der Waals surface area contributed by atoms with Crippen LogP contribution in [0.4, 0.5) is 0 Å². The zero-order valence-electron chi connectivity index (χ0n) is 16.3. The first-order chi connectivity index (χ1) is 13.0. The Morgan fingerprint density at radius 1 is 1.22 bits per heavy atom. The molecule has 6 heteroatoms. The lowest BCUT2D eigenvalue weighted by atomic mass is 9.83. The summed E-state index contributed by atoms with van der Waals surface area (Å²) < 4.78 is 0. The van der Waals surface area contributed by atoms with E-state index >= 15 is 0 Å². The molecule has 1 N–H and O–H groups in total. The quantitative estimate of drug-likeness (QED) is 0.839. The standard InChI is InChI=1S/C21H30ClN3O2/c1-3-25-19(26)9-8-17(20(25)16-6-4-5-7-18(16)22)21(27)23-14-15-10-12-24(2)13-11-15/h4-7,15,17,20H,3,8-14H2,1-2H3,(H,23,27)/t17-,20+/m1/s1. The maximum Gasteiger partial charge on any atom is 0.225 e. The van der Waals surface area contributed by atoms with Gasteiger partial charge in [-0.25, -0.2) is 0 Å². The maximum absolute atomic E-state index is 13.1. The number of halogens is 1. The van der Waals surface area contributed by atoms with Crippen LogP contribution in [-0.2, 0) is 9.59 Å². The number of nitrogens with one attached hydrogen (secondary N) is 1. The van der Waals surface area contributed by atoms with Crippen LogP contribution in [0.15, 0.2) is 24.3 Å². The van der Waals surface area contributed by atoms with E-state index in [1.807, 2.05) is 36.1 Å². The first-order valence-corrected chi connectivity index (χ1v) is 10.4. The van der Waals surface area contributed by atoms with Crippen LogP contribution in [0.2, 0.25) is 5.02 Å². The number of nitrogens with zero attached hydrogens (tertiary/aromatic N) is 2. The van der Waals surface area contributed by atoms with Crippen molar-refractivity contribution in [3.8, 4) is 0 Å². The van der Waals surface area contributed by atoms with E-state index in [0.717, 1.165) is 38.0 Å². The van der Waals surface area contributed by atoms with Crippen molar-refractivity contribution < 1.29 is 9.59 Å². The van der Waals surface area contributed by atoms with E-state index < -0.39 is 0 Å². The molecular formula is C21H30ClN3O2. The number of carbonyl (C=O) groups excluding carboxylic acids is 2. The van der Waals surface area contributed by atoms with Crippen LogP contribution < -0.4 is 5.32 Å². The van der Waals surface area contributed by atoms with Gasteiger partial charge in [-0.2, -0.15) is 0 Å². The average Bonchev–Trinajstić information content (AvgIpc) is 2.67. The third kappa shape index (κ3) is 4.64. The highest BCUT2D eigenvalue weighted by Gasteiger charge is 2.40. The number of carbonyl (C=O) groups is 2. The van der Waals surface area contributed by atoms with E-state index in [4.69, 9.17) is 11.6 Å². The van der Waals surface area contributed by atoms with E-state index in [-0.39, 0.29) is 23.8 Å². The Hall–Kier alpha value is -1.59. The molecule has 0 radical (unpaired) electrons. The summed E-state index contributed by atoms with van der Waals surface area (Å²) in [6.07, 6.45) is 3.23. The van der Waals surface area contributed by atoms with Crippen molar-refractivity contribution in [1.82, 2.24) is 15.1 Å². The lowest BCUT2D eigenvalue weighted by Gasteiger charge is -2.41. The van der Waals surface area contributed by atoms with Gasteiger partial charge in [-0.15, -0.1) is 0 Å². The van der Waals surface area contributed by atoms with Gasteiger partial charge >= 0.3 is 0 Å². The molecule has 0 spiro atoms. The van der Waals surface area contributed by atoms with E-state index in [1.165, 1.54) is 0 Å². The molecule has 0 bridgehead atoms. The molecule has 2 aliphatic heterocycles. The summed E-state index contributed by atoms with van der Waals surface area (Å²) >= 11 is 6.44. The molecule has 2 atom stereocenters. The fraction of sp³-hybridized carbons (Fsp3) is 0.619. The molecule has 27 heavy (non-hydrogen) atoms. The van der Waals surface area contributed by atoms with Crippen LogP contribution in [0.1, 0.15) is 44.2 Å². The SMILES string of the molecule is CCN1C(=O)CC[C@@H](C(=O)NCC2CCN(C)CC2)[C@@H]1c1ccccc1Cl. The van der Waals surface area contributed by atoms with Gasteiger partial charge in [0.15, 0.2) is 0 Å². The topological polar surface area (TPSA) is 52.7 Å². The first kappa shape index (κ1) is 20.2. The number of hydrogen-bond acceptors (Lipinski definition) is 3. The number of likely N-dealkylation sites (tertiary alicyclic amines) is 2. The Labute approximate surface area is 167 Å². The Kier molecular flexibility index (Phi) is 6.77. The monoisotopic (exact) mass is 391 g/mol. The van der Waals surface area contributed by atoms with Crippen molar-refractivity contribution >= 4 is 23.4 Å². The van der Waals surface area contributed by atoms with Crippen molar-refractivity contribution in [1.29, 1.82) is 0 Å². The second-order valence-corrected chi connectivity index (χ2v) is 8.19. The van der Waals surface area contributed by atoms with Gasteiger partial charge in [0.2, 0.25) is 11.8 Å². The van der Waals surface area contributed by atoms with E-state index in [1.54, 1.807) is 0 Å². The summed E-state index contributed by atoms with van der Waals surface area (Å²) in [7, 11) is 2.14. The molecule has 3 rings (SSSR count). The smallest absolute Gasteiger partial charge is 0.225 e. The van der Waals surface area contributed by atoms with Crippen LogP contribution in [-0.4, -0.2) is 54.8 Å². The summed E-state index contributed by atoms with van der Waals surface area (Å²) in [5, 5.41) is 3.79. The number of benzene rings is 1. The molecule has 2 amide bonds. The third-order valence-corrected chi connectivity index (χ3v) is 6.36. The molecule has 1 aromatic carbocycles. The summed E-state index contributed by atoms with van der Waals surface area (Å²) in [6.45, 7) is 5.43. The lowest BCUT2D eigenvalue weighted by Crippen LogP contribution is -2.49. The van der Waals surface area contributed by atoms with Gasteiger partial charge < -0.3 is 15.1 Å². The van der Waals surface area contributed by atoms with Gasteiger partial charge in [-0.1, -0.05) is 29.8 Å². The fourth-order valence-electron chi connectivity index (χ4n) is 4.34. The van der Waals surface area contributed by atoms with Gasteiger partial charge in [-0.05, 0) is 63.9 Å². The van der Waals surface area contributed by atoms with Gasteiger partial charge in [0.25, 0.3) is 0 Å². The second kappa shape index (κ2) is 9.07. The first-order valence-electron chi connectivity index (χ1n) is 10.0. The second-order valence-electron chi connectivity index (χ2n) is 7.78. The molecule has 5 nitrogen and oxygen atoms in total. The van der Waals surface area contributed by atoms with Crippen molar-refractivity contribution in [2.24, 2.45) is 11.8 Å². The molecule has 0 saturated carbocycles. The Balaban J connectivity index is 1.74. The Morgan fingerprint density at radius 2 is 1.93 bits per heavy atom. The molecule has 2 aliphatic rings. The molecular weight excluding hydrogens is 362 g/mol. The van der Waals surface area contributed by atoms with Crippen molar-refractivity contribution in [2.45, 2.75) is 38.6 Å². The average molecular weight is 392 g/mol. The highest BCUT2D eigenvalue weighted by atomic mass is 35.5. The van der Waals surface area contributed by atoms with Gasteiger partial charge in [0, 0.05) is 24.5 Å². The summed E-state index contributed by atoms with van der Waals surface area (Å²) in [6, 6.07) is 7.27. The van der Waals surface area contributed by atoms with E-state index in [9.17, 15) is 9.59 Å². The largest absolute Gasteiger partial charge is 0.356 e. The Morgan fingerprint density at radius 3 is 2.59 bits per heavy atom. The highest BCUT2D eigenvalue weighted by molar-refractivity contribution is 6.31. The van der Waals surface area contributed by atoms with Crippen molar-refractivity contribution in [2.75, 3.05) is 33.2 Å². The highest BCUT2D eigenvalue weighted by Crippen LogP contribution is 2.39. The number of piperidine rings is 2. The molecule has 1 aromatic rings. The fourth-order valence-corrected chi connectivity index (χ4v) is 4.59. The normalized spacial score (nSPS) is 24.9. The lowest BCUT2D eigenvalue weighted by molar-refractivity contribution is -0.143. The van der Waals surface area contributed by atoms with Gasteiger partial charge in [-0.3, -0.25) is 9.59 Å². The van der Waals surface area contributed by atoms with Gasteiger partial charge in [0.1, 0.15) is 0 Å². The molecule has 0 aromatic heterocycles. The number of amides is 2.